The molecule has 0 fully saturated rings. The SMILES string of the molecule is COC(=O)CC(NC(=O)c1ncccc1Br)c1cccs1. The number of carbonyl (C=O) groups excluding carboxylic acids is 2. The van der Waals surface area contributed by atoms with Crippen molar-refractivity contribution < 1.29 is 14.3 Å². The van der Waals surface area contributed by atoms with Crippen LogP contribution in [0, 0.1) is 0 Å². The lowest BCUT2D eigenvalue weighted by Crippen LogP contribution is -2.30. The van der Waals surface area contributed by atoms with E-state index in [2.05, 4.69) is 31.0 Å². The first-order valence-corrected chi connectivity index (χ1v) is 7.80. The number of thiophene rings is 1. The second kappa shape index (κ2) is 7.33. The zero-order valence-corrected chi connectivity index (χ0v) is 13.6. The Morgan fingerprint density at radius 3 is 2.86 bits per heavy atom. The fraction of sp³-hybridized carbons (Fsp3) is 0.214. The molecule has 2 aromatic heterocycles. The highest BCUT2D eigenvalue weighted by atomic mass is 79.9. The molecule has 21 heavy (non-hydrogen) atoms. The van der Waals surface area contributed by atoms with E-state index in [0.29, 0.717) is 4.47 Å². The highest BCUT2D eigenvalue weighted by molar-refractivity contribution is 9.10. The number of nitrogens with zero attached hydrogens (tertiary/aromatic N) is 1. The van der Waals surface area contributed by atoms with Crippen molar-refractivity contribution in [2.24, 2.45) is 0 Å². The zero-order valence-electron chi connectivity index (χ0n) is 11.2. The Labute approximate surface area is 134 Å². The van der Waals surface area contributed by atoms with Crippen molar-refractivity contribution in [1.29, 1.82) is 0 Å². The van der Waals surface area contributed by atoms with Crippen LogP contribution >= 0.6 is 27.3 Å². The number of rotatable bonds is 5. The third-order valence-electron chi connectivity index (χ3n) is 2.76. The minimum atomic E-state index is -0.432. The summed E-state index contributed by atoms with van der Waals surface area (Å²) in [5.74, 6) is -0.724. The van der Waals surface area contributed by atoms with E-state index in [0.717, 1.165) is 4.88 Å². The molecule has 0 saturated carbocycles. The Morgan fingerprint density at radius 1 is 1.43 bits per heavy atom. The van der Waals surface area contributed by atoms with Crippen molar-refractivity contribution in [3.05, 3.63) is 50.9 Å². The van der Waals surface area contributed by atoms with E-state index in [1.165, 1.54) is 18.4 Å². The molecule has 0 aromatic carbocycles. The first kappa shape index (κ1) is 15.7. The molecule has 2 rings (SSSR count). The van der Waals surface area contributed by atoms with Crippen LogP contribution in [-0.4, -0.2) is 24.0 Å². The predicted octanol–water partition coefficient (Wildman–Crippen LogP) is 2.94. The van der Waals surface area contributed by atoms with Gasteiger partial charge in [0.2, 0.25) is 0 Å². The number of carbonyl (C=O) groups is 2. The quantitative estimate of drug-likeness (QED) is 0.823. The molecule has 0 bridgehead atoms. The Hall–Kier alpha value is -1.73. The summed E-state index contributed by atoms with van der Waals surface area (Å²) in [7, 11) is 1.32. The van der Waals surface area contributed by atoms with Gasteiger partial charge in [-0.05, 0) is 39.5 Å². The minimum Gasteiger partial charge on any atom is -0.469 e. The summed E-state index contributed by atoms with van der Waals surface area (Å²) < 4.78 is 5.28. The van der Waals surface area contributed by atoms with Crippen molar-refractivity contribution >= 4 is 39.1 Å². The van der Waals surface area contributed by atoms with E-state index in [1.54, 1.807) is 18.3 Å². The molecule has 5 nitrogen and oxygen atoms in total. The highest BCUT2D eigenvalue weighted by Crippen LogP contribution is 2.23. The summed E-state index contributed by atoms with van der Waals surface area (Å²) in [6.45, 7) is 0. The number of hydrogen-bond acceptors (Lipinski definition) is 5. The predicted molar refractivity (Wildman–Crippen MR) is 83.1 cm³/mol. The van der Waals surface area contributed by atoms with Crippen LogP contribution in [0.2, 0.25) is 0 Å². The molecule has 1 amide bonds. The number of aromatic nitrogens is 1. The van der Waals surface area contributed by atoms with Gasteiger partial charge in [0.25, 0.3) is 5.91 Å². The van der Waals surface area contributed by atoms with Gasteiger partial charge in [-0.3, -0.25) is 9.59 Å². The van der Waals surface area contributed by atoms with Crippen LogP contribution in [0.1, 0.15) is 27.8 Å². The van der Waals surface area contributed by atoms with Crippen molar-refractivity contribution in [3.63, 3.8) is 0 Å². The smallest absolute Gasteiger partial charge is 0.307 e. The maximum Gasteiger partial charge on any atom is 0.307 e. The monoisotopic (exact) mass is 368 g/mol. The first-order chi connectivity index (χ1) is 10.1. The Bertz CT molecular complexity index is 631. The molecular weight excluding hydrogens is 356 g/mol. The maximum absolute atomic E-state index is 12.3. The molecule has 0 radical (unpaired) electrons. The number of amides is 1. The molecule has 0 aliphatic heterocycles. The number of esters is 1. The largest absolute Gasteiger partial charge is 0.469 e. The number of methoxy groups -OCH3 is 1. The van der Waals surface area contributed by atoms with E-state index in [1.807, 2.05) is 17.5 Å². The van der Waals surface area contributed by atoms with Gasteiger partial charge in [-0.15, -0.1) is 11.3 Å². The summed E-state index contributed by atoms with van der Waals surface area (Å²) in [4.78, 5) is 28.7. The van der Waals surface area contributed by atoms with Gasteiger partial charge in [0, 0.05) is 15.5 Å². The average molecular weight is 369 g/mol. The van der Waals surface area contributed by atoms with Gasteiger partial charge < -0.3 is 10.1 Å². The Balaban J connectivity index is 2.17. The molecule has 0 saturated heterocycles. The topological polar surface area (TPSA) is 68.3 Å². The van der Waals surface area contributed by atoms with E-state index in [9.17, 15) is 9.59 Å². The third-order valence-corrected chi connectivity index (χ3v) is 4.39. The van der Waals surface area contributed by atoms with Crippen LogP contribution in [0.25, 0.3) is 0 Å². The van der Waals surface area contributed by atoms with E-state index >= 15 is 0 Å². The van der Waals surface area contributed by atoms with E-state index in [4.69, 9.17) is 0 Å². The number of ether oxygens (including phenoxy) is 1. The molecule has 1 N–H and O–H groups in total. The second-order valence-corrected chi connectivity index (χ2v) is 5.99. The van der Waals surface area contributed by atoms with Gasteiger partial charge in [-0.1, -0.05) is 6.07 Å². The highest BCUT2D eigenvalue weighted by Gasteiger charge is 2.22. The molecular formula is C14H13BrN2O3S. The molecule has 0 aliphatic rings. The number of halogens is 1. The molecule has 0 aliphatic carbocycles. The van der Waals surface area contributed by atoms with Gasteiger partial charge >= 0.3 is 5.97 Å². The van der Waals surface area contributed by atoms with Gasteiger partial charge in [-0.25, -0.2) is 4.98 Å². The first-order valence-electron chi connectivity index (χ1n) is 6.13. The maximum atomic E-state index is 12.3. The fourth-order valence-corrected chi connectivity index (χ4v) is 2.95. The normalized spacial score (nSPS) is 11.7. The zero-order chi connectivity index (χ0) is 15.2. The molecule has 1 atom stereocenters. The lowest BCUT2D eigenvalue weighted by Gasteiger charge is -2.16. The second-order valence-electron chi connectivity index (χ2n) is 4.16. The number of nitrogens with one attached hydrogen (secondary N) is 1. The third kappa shape index (κ3) is 4.12. The van der Waals surface area contributed by atoms with Gasteiger partial charge in [0.1, 0.15) is 5.69 Å². The number of hydrogen-bond donors (Lipinski definition) is 1. The lowest BCUT2D eigenvalue weighted by atomic mass is 10.1. The molecule has 2 heterocycles. The Morgan fingerprint density at radius 2 is 2.24 bits per heavy atom. The van der Waals surface area contributed by atoms with Crippen LogP contribution in [0.4, 0.5) is 0 Å². The van der Waals surface area contributed by atoms with Crippen molar-refractivity contribution in [2.75, 3.05) is 7.11 Å². The van der Waals surface area contributed by atoms with Crippen molar-refractivity contribution in [1.82, 2.24) is 10.3 Å². The average Bonchev–Trinajstić information content (AvgIpc) is 3.01. The molecule has 7 heteroatoms. The van der Waals surface area contributed by atoms with Crippen molar-refractivity contribution in [3.8, 4) is 0 Å². The minimum absolute atomic E-state index is 0.0766. The molecule has 1 unspecified atom stereocenters. The Kier molecular flexibility index (Phi) is 5.46. The van der Waals surface area contributed by atoms with E-state index in [-0.39, 0.29) is 24.0 Å². The summed E-state index contributed by atoms with van der Waals surface area (Å²) in [5.41, 5.74) is 0.281. The van der Waals surface area contributed by atoms with Gasteiger partial charge in [0.05, 0.1) is 19.6 Å². The van der Waals surface area contributed by atoms with Crippen LogP contribution in [-0.2, 0) is 9.53 Å². The summed E-state index contributed by atoms with van der Waals surface area (Å²) in [6, 6.07) is 6.77. The van der Waals surface area contributed by atoms with E-state index < -0.39 is 6.04 Å². The van der Waals surface area contributed by atoms with Crippen molar-refractivity contribution in [2.45, 2.75) is 12.5 Å². The molecule has 0 spiro atoms. The molecule has 2 aromatic rings. The fourth-order valence-electron chi connectivity index (χ4n) is 1.74. The van der Waals surface area contributed by atoms with Crippen LogP contribution in [0.15, 0.2) is 40.3 Å². The standard InChI is InChI=1S/C14H13BrN2O3S/c1-20-12(18)8-10(11-5-3-7-21-11)17-14(19)13-9(15)4-2-6-16-13/h2-7,10H,8H2,1H3,(H,17,19). The molecule has 110 valence electrons. The van der Waals surface area contributed by atoms with Crippen LogP contribution in [0.3, 0.4) is 0 Å². The van der Waals surface area contributed by atoms with Gasteiger partial charge in [-0.2, -0.15) is 0 Å². The summed E-state index contributed by atoms with van der Waals surface area (Å²) in [6.07, 6.45) is 1.62. The van der Waals surface area contributed by atoms with Crippen LogP contribution < -0.4 is 5.32 Å². The lowest BCUT2D eigenvalue weighted by molar-refractivity contribution is -0.141. The van der Waals surface area contributed by atoms with Crippen LogP contribution in [0.5, 0.6) is 0 Å². The van der Waals surface area contributed by atoms with Gasteiger partial charge in [0.15, 0.2) is 0 Å². The summed E-state index contributed by atoms with van der Waals surface area (Å²) >= 11 is 4.76. The summed E-state index contributed by atoms with van der Waals surface area (Å²) in [5, 5.41) is 4.71. The number of pyridine rings is 1.